The van der Waals surface area contributed by atoms with Gasteiger partial charge in [-0.25, -0.2) is 4.98 Å². The first-order valence-corrected chi connectivity index (χ1v) is 10.2. The summed E-state index contributed by atoms with van der Waals surface area (Å²) in [6.07, 6.45) is 5.72. The van der Waals surface area contributed by atoms with Crippen LogP contribution in [-0.4, -0.2) is 11.2 Å². The summed E-state index contributed by atoms with van der Waals surface area (Å²) in [5.74, 6) is 0.623. The highest BCUT2D eigenvalue weighted by Crippen LogP contribution is 2.27. The number of allylic oxidation sites excluding steroid dienone is 1. The topological polar surface area (TPSA) is 38.4 Å². The smallest absolute Gasteiger partial charge is 0.227 e. The number of benzene rings is 3. The zero-order chi connectivity index (χ0) is 18.6. The van der Waals surface area contributed by atoms with Crippen LogP contribution in [0.2, 0.25) is 0 Å². The van der Waals surface area contributed by atoms with E-state index >= 15 is 0 Å². The van der Waals surface area contributed by atoms with Crippen LogP contribution in [0, 0.1) is 3.57 Å². The van der Waals surface area contributed by atoms with Crippen LogP contribution in [0.3, 0.4) is 0 Å². The van der Waals surface area contributed by atoms with Gasteiger partial charge < -0.3 is 4.42 Å². The molecule has 27 heavy (non-hydrogen) atoms. The molecule has 3 aromatic carbocycles. The van der Waals surface area contributed by atoms with Gasteiger partial charge in [0, 0.05) is 19.8 Å². The minimum Gasteiger partial charge on any atom is -0.436 e. The van der Waals surface area contributed by atoms with Gasteiger partial charge >= 0.3 is 0 Å². The molecule has 0 aliphatic carbocycles. The second-order valence-corrected chi connectivity index (χ2v) is 8.03. The zero-order valence-electron chi connectivity index (χ0n) is 14.1. The Morgan fingerprint density at radius 1 is 0.963 bits per heavy atom. The maximum Gasteiger partial charge on any atom is 0.227 e. The molecule has 4 rings (SSSR count). The molecule has 0 aliphatic heterocycles. The summed E-state index contributed by atoms with van der Waals surface area (Å²) in [6, 6.07) is 22.0. The summed E-state index contributed by atoms with van der Waals surface area (Å²) in [5, 5.41) is 0. The van der Waals surface area contributed by atoms with E-state index in [0.717, 1.165) is 32.4 Å². The van der Waals surface area contributed by atoms with Gasteiger partial charge in [0.1, 0.15) is 5.52 Å². The van der Waals surface area contributed by atoms with E-state index < -0.39 is 0 Å². The van der Waals surface area contributed by atoms with Crippen molar-refractivity contribution < 1.29 is 4.42 Å². The second-order valence-electron chi connectivity index (χ2n) is 5.87. The number of halogens is 2. The lowest BCUT2D eigenvalue weighted by Crippen LogP contribution is -1.77. The van der Waals surface area contributed by atoms with Gasteiger partial charge in [-0.05, 0) is 88.8 Å². The van der Waals surface area contributed by atoms with Gasteiger partial charge in [0.05, 0.1) is 5.69 Å². The normalized spacial score (nSPS) is 11.8. The third-order valence-corrected chi connectivity index (χ3v) is 5.18. The van der Waals surface area contributed by atoms with E-state index in [-0.39, 0.29) is 0 Å². The van der Waals surface area contributed by atoms with E-state index in [2.05, 4.69) is 48.5 Å². The Bertz CT molecular complexity index is 1130. The van der Waals surface area contributed by atoms with Crippen LogP contribution in [-0.2, 0) is 0 Å². The van der Waals surface area contributed by atoms with Gasteiger partial charge in [0.15, 0.2) is 5.58 Å². The highest BCUT2D eigenvalue weighted by Gasteiger charge is 2.08. The molecule has 0 unspecified atom stereocenters. The summed E-state index contributed by atoms with van der Waals surface area (Å²) < 4.78 is 8.11. The number of nitrogens with zero attached hydrogens (tertiary/aromatic N) is 2. The van der Waals surface area contributed by atoms with Crippen molar-refractivity contribution in [2.45, 2.75) is 0 Å². The molecule has 3 nitrogen and oxygen atoms in total. The lowest BCUT2D eigenvalue weighted by atomic mass is 10.2. The van der Waals surface area contributed by atoms with Crippen LogP contribution in [0.4, 0.5) is 5.69 Å². The quantitative estimate of drug-likeness (QED) is 0.206. The Morgan fingerprint density at radius 2 is 1.74 bits per heavy atom. The van der Waals surface area contributed by atoms with Gasteiger partial charge in [-0.3, -0.25) is 4.99 Å². The van der Waals surface area contributed by atoms with E-state index in [1.54, 1.807) is 6.21 Å². The molecule has 1 heterocycles. The van der Waals surface area contributed by atoms with E-state index in [0.29, 0.717) is 5.89 Å². The summed E-state index contributed by atoms with van der Waals surface area (Å²) in [4.78, 5) is 9.07. The van der Waals surface area contributed by atoms with Gasteiger partial charge in [-0.15, -0.1) is 0 Å². The first-order chi connectivity index (χ1) is 13.2. The predicted molar refractivity (Wildman–Crippen MR) is 123 cm³/mol. The van der Waals surface area contributed by atoms with E-state index in [4.69, 9.17) is 4.42 Å². The van der Waals surface area contributed by atoms with Crippen LogP contribution in [0.25, 0.3) is 28.6 Å². The van der Waals surface area contributed by atoms with E-state index in [1.807, 2.05) is 78.9 Å². The summed E-state index contributed by atoms with van der Waals surface area (Å²) in [7, 11) is 0. The summed E-state index contributed by atoms with van der Waals surface area (Å²) in [6.45, 7) is 0. The minimum atomic E-state index is 0.623. The molecule has 0 amide bonds. The highest BCUT2D eigenvalue weighted by molar-refractivity contribution is 14.1. The molecule has 0 aliphatic rings. The average Bonchev–Trinajstić information content (AvgIpc) is 3.10. The monoisotopic (exact) mass is 528 g/mol. The minimum absolute atomic E-state index is 0.623. The zero-order valence-corrected chi connectivity index (χ0v) is 17.9. The molecule has 0 saturated carbocycles. The average molecular weight is 529 g/mol. The van der Waals surface area contributed by atoms with Crippen molar-refractivity contribution >= 4 is 67.6 Å². The van der Waals surface area contributed by atoms with E-state index in [9.17, 15) is 0 Å². The Hall–Kier alpha value is -2.25. The molecular formula is C22H14BrIN2O. The second kappa shape index (κ2) is 8.19. The first-order valence-electron chi connectivity index (χ1n) is 8.30. The Labute approximate surface area is 179 Å². The van der Waals surface area contributed by atoms with Crippen molar-refractivity contribution in [1.29, 1.82) is 0 Å². The van der Waals surface area contributed by atoms with Crippen molar-refractivity contribution in [3.8, 4) is 11.5 Å². The predicted octanol–water partition coefficient (Wildman–Crippen LogP) is 7.28. The van der Waals surface area contributed by atoms with Crippen molar-refractivity contribution in [2.24, 2.45) is 4.99 Å². The van der Waals surface area contributed by atoms with Crippen LogP contribution in [0.1, 0.15) is 5.56 Å². The molecule has 0 N–H and O–H groups in total. The Balaban J connectivity index is 1.52. The SMILES string of the molecule is Brc1ccc(/C=C\C=Nc2ccc3oc(-c4ccc(I)cc4)nc3c2)cc1. The van der Waals surface area contributed by atoms with Crippen molar-refractivity contribution in [1.82, 2.24) is 4.98 Å². The molecule has 0 fully saturated rings. The standard InChI is InChI=1S/C22H14BrIN2O/c23-17-7-3-15(4-8-17)2-1-13-25-19-11-12-21-20(14-19)26-22(27-21)16-5-9-18(24)10-6-16/h1-14H/b2-1-,25-13?. The third-order valence-electron chi connectivity index (χ3n) is 3.93. The number of hydrogen-bond donors (Lipinski definition) is 0. The third kappa shape index (κ3) is 4.54. The van der Waals surface area contributed by atoms with Crippen LogP contribution in [0.15, 0.2) is 86.7 Å². The fourth-order valence-electron chi connectivity index (χ4n) is 2.57. The Morgan fingerprint density at radius 3 is 2.52 bits per heavy atom. The maximum atomic E-state index is 5.86. The number of oxazole rings is 1. The highest BCUT2D eigenvalue weighted by atomic mass is 127. The van der Waals surface area contributed by atoms with Gasteiger partial charge in [-0.2, -0.15) is 0 Å². The molecule has 5 heteroatoms. The molecule has 4 aromatic rings. The fraction of sp³-hybridized carbons (Fsp3) is 0. The van der Waals surface area contributed by atoms with Crippen molar-refractivity contribution in [3.05, 3.63) is 86.4 Å². The number of hydrogen-bond acceptors (Lipinski definition) is 3. The molecule has 0 radical (unpaired) electrons. The first kappa shape index (κ1) is 18.1. The molecule has 0 atom stereocenters. The Kier molecular flexibility index (Phi) is 5.50. The maximum absolute atomic E-state index is 5.86. The van der Waals surface area contributed by atoms with Gasteiger partial charge in [-0.1, -0.05) is 34.1 Å². The number of fused-ring (bicyclic) bond motifs is 1. The fourth-order valence-corrected chi connectivity index (χ4v) is 3.19. The number of rotatable bonds is 4. The van der Waals surface area contributed by atoms with Crippen LogP contribution < -0.4 is 0 Å². The van der Waals surface area contributed by atoms with Crippen molar-refractivity contribution in [3.63, 3.8) is 0 Å². The molecule has 0 spiro atoms. The number of aliphatic imine (C=N–C) groups is 1. The largest absolute Gasteiger partial charge is 0.436 e. The van der Waals surface area contributed by atoms with Crippen LogP contribution >= 0.6 is 38.5 Å². The summed E-state index contributed by atoms with van der Waals surface area (Å²) >= 11 is 5.71. The van der Waals surface area contributed by atoms with Crippen molar-refractivity contribution in [2.75, 3.05) is 0 Å². The number of aromatic nitrogens is 1. The van der Waals surface area contributed by atoms with Gasteiger partial charge in [0.2, 0.25) is 5.89 Å². The van der Waals surface area contributed by atoms with E-state index in [1.165, 1.54) is 3.57 Å². The molecule has 132 valence electrons. The molecule has 1 aromatic heterocycles. The molecular weight excluding hydrogens is 515 g/mol. The van der Waals surface area contributed by atoms with Gasteiger partial charge in [0.25, 0.3) is 0 Å². The molecule has 0 saturated heterocycles. The summed E-state index contributed by atoms with van der Waals surface area (Å²) in [5.41, 5.74) is 4.49. The molecule has 0 bridgehead atoms. The lowest BCUT2D eigenvalue weighted by molar-refractivity contribution is 0.620. The van der Waals surface area contributed by atoms with Crippen LogP contribution in [0.5, 0.6) is 0 Å². The lowest BCUT2D eigenvalue weighted by Gasteiger charge is -1.94.